The Morgan fingerprint density at radius 3 is 3.00 bits per heavy atom. The second kappa shape index (κ2) is 3.53. The van der Waals surface area contributed by atoms with Gasteiger partial charge in [0.05, 0.1) is 6.61 Å². The molecule has 4 heteroatoms. The van der Waals surface area contributed by atoms with Gasteiger partial charge in [-0.3, -0.25) is 4.79 Å². The van der Waals surface area contributed by atoms with Crippen molar-refractivity contribution in [3.05, 3.63) is 29.1 Å². The monoisotopic (exact) mass is 209 g/mol. The number of nitrogens with two attached hydrogens (primary N) is 1. The molecule has 3 nitrogen and oxygen atoms in total. The Bertz CT molecular complexity index is 417. The standard InChI is InChI=1S/C11H12FNO2/c1-6-4-8-7(11(13)14)2-3-9(12)10(8)15-5-6/h2-3,6H,4-5H2,1H3,(H2,13,14)/t6-/m1/s1. The van der Waals surface area contributed by atoms with Gasteiger partial charge in [-0.15, -0.1) is 0 Å². The molecule has 15 heavy (non-hydrogen) atoms. The van der Waals surface area contributed by atoms with E-state index in [9.17, 15) is 9.18 Å². The van der Waals surface area contributed by atoms with Crippen LogP contribution >= 0.6 is 0 Å². The summed E-state index contributed by atoms with van der Waals surface area (Å²) in [5.41, 5.74) is 6.17. The van der Waals surface area contributed by atoms with Crippen LogP contribution in [0.5, 0.6) is 5.75 Å². The second-order valence-corrected chi connectivity index (χ2v) is 3.89. The van der Waals surface area contributed by atoms with E-state index in [0.29, 0.717) is 24.2 Å². The van der Waals surface area contributed by atoms with Gasteiger partial charge in [0.1, 0.15) is 0 Å². The van der Waals surface area contributed by atoms with Gasteiger partial charge in [0.25, 0.3) is 0 Å². The first kappa shape index (κ1) is 9.96. The molecular weight excluding hydrogens is 197 g/mol. The average Bonchev–Trinajstić information content (AvgIpc) is 2.17. The number of carbonyl (C=O) groups excluding carboxylic acids is 1. The Morgan fingerprint density at radius 2 is 2.33 bits per heavy atom. The number of ether oxygens (including phenoxy) is 1. The van der Waals surface area contributed by atoms with Crippen molar-refractivity contribution in [3.8, 4) is 5.75 Å². The Labute approximate surface area is 87.0 Å². The zero-order valence-corrected chi connectivity index (χ0v) is 8.42. The molecule has 0 fully saturated rings. The lowest BCUT2D eigenvalue weighted by molar-refractivity contribution is 0.0997. The Kier molecular flexibility index (Phi) is 2.34. The van der Waals surface area contributed by atoms with Gasteiger partial charge in [0, 0.05) is 11.1 Å². The highest BCUT2D eigenvalue weighted by Crippen LogP contribution is 2.32. The quantitative estimate of drug-likeness (QED) is 0.761. The number of fused-ring (bicyclic) bond motifs is 1. The molecule has 0 spiro atoms. The molecule has 2 N–H and O–H groups in total. The zero-order chi connectivity index (χ0) is 11.0. The normalized spacial score (nSPS) is 19.2. The van der Waals surface area contributed by atoms with Crippen LogP contribution in [0.4, 0.5) is 4.39 Å². The summed E-state index contributed by atoms with van der Waals surface area (Å²) >= 11 is 0. The number of rotatable bonds is 1. The Balaban J connectivity index is 2.56. The predicted molar refractivity (Wildman–Crippen MR) is 53.3 cm³/mol. The fraction of sp³-hybridized carbons (Fsp3) is 0.364. The van der Waals surface area contributed by atoms with Gasteiger partial charge in [-0.25, -0.2) is 4.39 Å². The number of primary amides is 1. The van der Waals surface area contributed by atoms with Crippen molar-refractivity contribution in [2.24, 2.45) is 11.7 Å². The van der Waals surface area contributed by atoms with E-state index in [1.54, 1.807) is 0 Å². The highest BCUT2D eigenvalue weighted by atomic mass is 19.1. The summed E-state index contributed by atoms with van der Waals surface area (Å²) in [5.74, 6) is -0.507. The lowest BCUT2D eigenvalue weighted by Gasteiger charge is -2.24. The van der Waals surface area contributed by atoms with E-state index >= 15 is 0 Å². The van der Waals surface area contributed by atoms with Crippen molar-refractivity contribution in [2.45, 2.75) is 13.3 Å². The van der Waals surface area contributed by atoms with Crippen LogP contribution in [-0.2, 0) is 6.42 Å². The first-order chi connectivity index (χ1) is 7.09. The number of hydrogen-bond acceptors (Lipinski definition) is 2. The van der Waals surface area contributed by atoms with Crippen LogP contribution in [0.25, 0.3) is 0 Å². The van der Waals surface area contributed by atoms with Gasteiger partial charge in [0.2, 0.25) is 5.91 Å². The molecule has 1 atom stereocenters. The van der Waals surface area contributed by atoms with Crippen LogP contribution in [0.2, 0.25) is 0 Å². The molecule has 0 saturated carbocycles. The third kappa shape index (κ3) is 1.67. The van der Waals surface area contributed by atoms with Crippen LogP contribution in [0.3, 0.4) is 0 Å². The second-order valence-electron chi connectivity index (χ2n) is 3.89. The van der Waals surface area contributed by atoms with E-state index in [4.69, 9.17) is 10.5 Å². The van der Waals surface area contributed by atoms with Gasteiger partial charge >= 0.3 is 0 Å². The summed E-state index contributed by atoms with van der Waals surface area (Å²) in [7, 11) is 0. The summed E-state index contributed by atoms with van der Waals surface area (Å²) in [5, 5.41) is 0. The van der Waals surface area contributed by atoms with E-state index in [1.165, 1.54) is 12.1 Å². The summed E-state index contributed by atoms with van der Waals surface area (Å²) in [6.45, 7) is 2.46. The van der Waals surface area contributed by atoms with Crippen molar-refractivity contribution in [3.63, 3.8) is 0 Å². The maximum Gasteiger partial charge on any atom is 0.249 e. The number of halogens is 1. The van der Waals surface area contributed by atoms with Crippen LogP contribution in [0, 0.1) is 11.7 Å². The molecule has 1 aliphatic rings. The summed E-state index contributed by atoms with van der Waals surface area (Å²) in [6.07, 6.45) is 0.630. The molecule has 0 radical (unpaired) electrons. The third-order valence-corrected chi connectivity index (χ3v) is 2.54. The van der Waals surface area contributed by atoms with Crippen LogP contribution in [0.15, 0.2) is 12.1 Å². The number of amides is 1. The van der Waals surface area contributed by atoms with Crippen molar-refractivity contribution in [2.75, 3.05) is 6.61 Å². The SMILES string of the molecule is C[C@H]1COc2c(F)ccc(C(N)=O)c2C1. The van der Waals surface area contributed by atoms with E-state index in [-0.39, 0.29) is 11.7 Å². The maximum atomic E-state index is 13.4. The van der Waals surface area contributed by atoms with Crippen molar-refractivity contribution in [1.29, 1.82) is 0 Å². The molecule has 0 aliphatic carbocycles. The average molecular weight is 209 g/mol. The van der Waals surface area contributed by atoms with E-state index in [1.807, 2.05) is 6.92 Å². The van der Waals surface area contributed by atoms with E-state index < -0.39 is 11.7 Å². The first-order valence-electron chi connectivity index (χ1n) is 4.83. The van der Waals surface area contributed by atoms with Gasteiger partial charge in [-0.1, -0.05) is 6.92 Å². The molecule has 80 valence electrons. The largest absolute Gasteiger partial charge is 0.490 e. The maximum absolute atomic E-state index is 13.4. The van der Waals surface area contributed by atoms with Gasteiger partial charge in [-0.05, 0) is 24.5 Å². The minimum Gasteiger partial charge on any atom is -0.490 e. The first-order valence-corrected chi connectivity index (χ1v) is 4.83. The minimum atomic E-state index is -0.538. The lowest BCUT2D eigenvalue weighted by Crippen LogP contribution is -2.23. The molecular formula is C11H12FNO2. The lowest BCUT2D eigenvalue weighted by atomic mass is 9.93. The number of carbonyl (C=O) groups is 1. The third-order valence-electron chi connectivity index (χ3n) is 2.54. The molecule has 0 unspecified atom stereocenters. The summed E-state index contributed by atoms with van der Waals surface area (Å²) in [6, 6.07) is 2.63. The van der Waals surface area contributed by atoms with Crippen molar-refractivity contribution in [1.82, 2.24) is 0 Å². The fourth-order valence-electron chi connectivity index (χ4n) is 1.82. The molecule has 0 saturated heterocycles. The summed E-state index contributed by atoms with van der Waals surface area (Å²) in [4.78, 5) is 11.1. The molecule has 2 rings (SSSR count). The topological polar surface area (TPSA) is 52.3 Å². The van der Waals surface area contributed by atoms with E-state index in [2.05, 4.69) is 0 Å². The fourth-order valence-corrected chi connectivity index (χ4v) is 1.82. The molecule has 1 aromatic rings. The molecule has 1 aliphatic heterocycles. The predicted octanol–water partition coefficient (Wildman–Crippen LogP) is 1.50. The zero-order valence-electron chi connectivity index (χ0n) is 8.42. The minimum absolute atomic E-state index is 0.185. The van der Waals surface area contributed by atoms with Gasteiger partial charge in [-0.2, -0.15) is 0 Å². The van der Waals surface area contributed by atoms with Crippen LogP contribution < -0.4 is 10.5 Å². The van der Waals surface area contributed by atoms with Crippen molar-refractivity contribution >= 4 is 5.91 Å². The Morgan fingerprint density at radius 1 is 1.60 bits per heavy atom. The van der Waals surface area contributed by atoms with Gasteiger partial charge in [0.15, 0.2) is 11.6 Å². The molecule has 0 bridgehead atoms. The van der Waals surface area contributed by atoms with Crippen molar-refractivity contribution < 1.29 is 13.9 Å². The molecule has 1 amide bonds. The molecule has 1 heterocycles. The Hall–Kier alpha value is -1.58. The van der Waals surface area contributed by atoms with Crippen LogP contribution in [0.1, 0.15) is 22.8 Å². The van der Waals surface area contributed by atoms with Gasteiger partial charge < -0.3 is 10.5 Å². The van der Waals surface area contributed by atoms with E-state index in [0.717, 1.165) is 0 Å². The van der Waals surface area contributed by atoms with Crippen LogP contribution in [-0.4, -0.2) is 12.5 Å². The molecule has 1 aromatic carbocycles. The number of hydrogen-bond donors (Lipinski definition) is 1. The summed E-state index contributed by atoms with van der Waals surface area (Å²) < 4.78 is 18.6. The molecule has 0 aromatic heterocycles. The highest BCUT2D eigenvalue weighted by Gasteiger charge is 2.24. The number of benzene rings is 1. The highest BCUT2D eigenvalue weighted by molar-refractivity contribution is 5.95. The smallest absolute Gasteiger partial charge is 0.249 e.